The van der Waals surface area contributed by atoms with Gasteiger partial charge in [-0.15, -0.1) is 6.58 Å². The van der Waals surface area contributed by atoms with Crippen LogP contribution in [0.4, 0.5) is 0 Å². The molecule has 0 unspecified atom stereocenters. The fraction of sp³-hybridized carbons (Fsp3) is 0.604. The molecule has 6 aliphatic carbocycles. The molecule has 27 heteroatoms. The zero-order valence-electron chi connectivity index (χ0n) is 80.0. The number of carbonyl (C=O) groups excluding carboxylic acids is 8. The monoisotopic (exact) mass is 1830 g/mol. The Kier molecular flexibility index (Phi) is 29.6. The van der Waals surface area contributed by atoms with Crippen molar-refractivity contribution in [1.82, 2.24) is 29.7 Å². The smallest absolute Gasteiger partial charge is 0.328 e. The van der Waals surface area contributed by atoms with Crippen molar-refractivity contribution in [3.05, 3.63) is 115 Å². The molecule has 6 aromatic rings. The summed E-state index contributed by atoms with van der Waals surface area (Å²) in [5.74, 6) is 2.18. The zero-order chi connectivity index (χ0) is 94.8. The summed E-state index contributed by atoms with van der Waals surface area (Å²) >= 11 is 0. The number of unbranched alkanes of at least 4 members (excludes halogenated alkanes) is 1. The number of methoxy groups -OCH3 is 5. The van der Waals surface area contributed by atoms with Crippen LogP contribution in [0.1, 0.15) is 220 Å². The standard InChI is InChI=1S/C37H48N2O7.C35H44N2O7.C34H44N2O7/c1-8-10-11-12-27-28-16-24(28)17-32(27)46-33(40)20-29(37(3,4)5)35(41)39-21-26(19-31(39)36(42)44-7)45-34-22(9-2)15-23-13-14-25(43-6)18-30(23)38-34;1-35(2,3)27-18-31(38)44-30-15-22-14-26(22)25(30)10-8-6-7-9-21-13-20-11-12-23(41-4)16-28(20)36-32(21)43-24-17-29(34(40)42-5)37(19-24)33(27)39;1-34(2,3)26-17-30(37)43-29-14-21-13-25(21)24(29)9-7-5-6-8-20-12-19-10-11-22(41-4)15-27(19)35-31(20)42-23-16-28(33(39)40)36(18-23)32(26)38/h8-9,13-15,18,24,26-29,31-32H,1-2,10-12,16-17,19-21H2,3-7H3;7,9,11-13,16,22,24-27,29-30H,6,8,10,14-15,17-19H2,1-5H3;10-12,15,21,23-26,28-29H,5-9,13-14,16-18H2,1-4H3,(H,39,40)/b;9-7+;/t24-,26+,27+,28-,29+,31-,32+;22-,24+,25+,26-,27+,29-,30+;21-,23+,24+,25-,26+,28-,29+/m000/s1. The number of aryl methyl sites for hydroxylation is 1. The first-order valence-electron chi connectivity index (χ1n) is 48.3. The van der Waals surface area contributed by atoms with Crippen LogP contribution < -0.4 is 28.4 Å². The van der Waals surface area contributed by atoms with E-state index < -0.39 is 88.3 Å². The van der Waals surface area contributed by atoms with Gasteiger partial charge in [0.05, 0.1) is 109 Å². The first kappa shape index (κ1) is 96.7. The number of carbonyl (C=O) groups is 9. The molecule has 17 rings (SSSR count). The van der Waals surface area contributed by atoms with Crippen LogP contribution in [-0.4, -0.2) is 198 Å². The van der Waals surface area contributed by atoms with Gasteiger partial charge in [-0.05, 0) is 220 Å². The summed E-state index contributed by atoms with van der Waals surface area (Å²) in [5, 5.41) is 13.0. The third kappa shape index (κ3) is 22.4. The largest absolute Gasteiger partial charge is 0.497 e. The molecule has 1 N–H and O–H groups in total. The lowest BCUT2D eigenvalue weighted by Crippen LogP contribution is -2.48. The second-order valence-electron chi connectivity index (χ2n) is 42.2. The Balaban J connectivity index is 0.000000152. The molecular formula is C106H136N6O21. The third-order valence-corrected chi connectivity index (χ3v) is 30.3. The number of amides is 3. The van der Waals surface area contributed by atoms with Crippen molar-refractivity contribution in [2.75, 3.05) is 55.2 Å². The molecule has 3 saturated heterocycles. The normalized spacial score (nSPS) is 29.6. The summed E-state index contributed by atoms with van der Waals surface area (Å²) < 4.78 is 64.0. The number of esters is 5. The highest BCUT2D eigenvalue weighted by Crippen LogP contribution is 2.61. The maximum atomic E-state index is 14.3. The lowest BCUT2D eigenvalue weighted by atomic mass is 9.77. The van der Waals surface area contributed by atoms with E-state index in [1.54, 1.807) is 27.4 Å². The quantitative estimate of drug-likeness (QED) is 0.0384. The molecule has 3 aromatic carbocycles. The second-order valence-corrected chi connectivity index (χ2v) is 42.2. The Morgan fingerprint density at radius 3 is 1.64 bits per heavy atom. The summed E-state index contributed by atoms with van der Waals surface area (Å²) in [7, 11) is 7.46. The molecule has 21 atom stereocenters. The summed E-state index contributed by atoms with van der Waals surface area (Å²) in [6.45, 7) is 25.6. The lowest BCUT2D eigenvalue weighted by molar-refractivity contribution is -0.160. The van der Waals surface area contributed by atoms with Crippen LogP contribution >= 0.6 is 0 Å². The number of pyridine rings is 3. The van der Waals surface area contributed by atoms with Crippen molar-refractivity contribution in [2.45, 2.75) is 265 Å². The number of benzene rings is 3. The SMILES string of the molecule is C=CCCC[C@@H]1[C@H]2C[C@H]2C[C@H]1OC(=O)C[C@H](C(=O)N1C[C@H](Oc2nc3cc(OC)ccc3cc2C=C)C[C@H]1C(=O)OC)C(C)(C)C.COC(=O)[C@@H]1C[C@@H]2CN1C(=O)[C@H](C(C)(C)C)CC(=O)O[C@@H]1C[C@@H]3C[C@@H]3[C@H]1CCC/C=C/c1cc3ccc(OC)cc3nc1O2.COc1ccc2cc3c(nc2c1)O[C@@H]1C[C@@H](C(=O)O)N(C1)C(=O)[C@H](C(C)(C)C)CC(=O)O[C@@H]1C[C@@H]2C[C@@H]2[C@H]1CCCCC3. The van der Waals surface area contributed by atoms with Gasteiger partial charge in [0.1, 0.15) is 72.0 Å². The van der Waals surface area contributed by atoms with Crippen molar-refractivity contribution in [3.63, 3.8) is 0 Å². The molecule has 0 spiro atoms. The third-order valence-electron chi connectivity index (χ3n) is 30.3. The minimum absolute atomic E-state index is 0.0300. The van der Waals surface area contributed by atoms with E-state index in [-0.39, 0.29) is 112 Å². The molecule has 716 valence electrons. The van der Waals surface area contributed by atoms with E-state index in [2.05, 4.69) is 31.4 Å². The van der Waals surface area contributed by atoms with Crippen LogP contribution in [0.3, 0.4) is 0 Å². The van der Waals surface area contributed by atoms with Gasteiger partial charge < -0.3 is 71.9 Å². The van der Waals surface area contributed by atoms with Crippen molar-refractivity contribution in [2.24, 2.45) is 87.3 Å². The maximum absolute atomic E-state index is 14.3. The number of ether oxygens (including phenoxy) is 11. The Morgan fingerprint density at radius 1 is 0.556 bits per heavy atom. The molecule has 5 aliphatic heterocycles. The first-order chi connectivity index (χ1) is 63.5. The highest BCUT2D eigenvalue weighted by molar-refractivity contribution is 5.93. The fourth-order valence-corrected chi connectivity index (χ4v) is 22.5. The number of hydrogen-bond acceptors (Lipinski definition) is 23. The zero-order valence-corrected chi connectivity index (χ0v) is 80.0. The highest BCUT2D eigenvalue weighted by atomic mass is 16.6. The van der Waals surface area contributed by atoms with Gasteiger partial charge in [0.25, 0.3) is 0 Å². The maximum Gasteiger partial charge on any atom is 0.328 e. The van der Waals surface area contributed by atoms with E-state index in [1.165, 1.54) is 48.2 Å². The molecular weight excluding hydrogens is 1690 g/mol. The number of allylic oxidation sites excluding steroid dienone is 2. The molecule has 11 aliphatic rings. The number of rotatable bonds is 17. The van der Waals surface area contributed by atoms with Crippen LogP contribution in [0.25, 0.3) is 44.9 Å². The van der Waals surface area contributed by atoms with E-state index in [9.17, 15) is 48.3 Å². The van der Waals surface area contributed by atoms with Gasteiger partial charge >= 0.3 is 35.8 Å². The minimum atomic E-state index is -1.08. The Hall–Kier alpha value is -10.9. The molecule has 3 aromatic heterocycles. The van der Waals surface area contributed by atoms with Crippen molar-refractivity contribution < 1.29 is 100 Å². The average Bonchev–Trinajstić information content (AvgIpc) is 1.60. The van der Waals surface area contributed by atoms with Gasteiger partial charge in [0.2, 0.25) is 35.4 Å². The molecule has 133 heavy (non-hydrogen) atoms. The van der Waals surface area contributed by atoms with Gasteiger partial charge in [0.15, 0.2) is 0 Å². The summed E-state index contributed by atoms with van der Waals surface area (Å²) in [4.78, 5) is 140. The van der Waals surface area contributed by atoms with Gasteiger partial charge in [-0.2, -0.15) is 0 Å². The number of aliphatic carboxylic acids is 1. The number of hydrogen-bond donors (Lipinski definition) is 1. The van der Waals surface area contributed by atoms with Crippen LogP contribution in [0.2, 0.25) is 0 Å². The number of carboxylic acids is 1. The number of aromatic nitrogens is 3. The van der Waals surface area contributed by atoms with E-state index in [1.807, 2.05) is 135 Å². The predicted molar refractivity (Wildman–Crippen MR) is 501 cm³/mol. The summed E-state index contributed by atoms with van der Waals surface area (Å²) in [5.41, 5.74) is 3.00. The van der Waals surface area contributed by atoms with Crippen LogP contribution in [0, 0.1) is 87.3 Å². The molecule has 8 heterocycles. The highest BCUT2D eigenvalue weighted by Gasteiger charge is 2.59. The molecule has 0 radical (unpaired) electrons. The van der Waals surface area contributed by atoms with Crippen molar-refractivity contribution >= 4 is 98.4 Å². The van der Waals surface area contributed by atoms with Gasteiger partial charge in [-0.3, -0.25) is 28.8 Å². The van der Waals surface area contributed by atoms with Gasteiger partial charge in [-0.1, -0.05) is 106 Å². The molecule has 27 nitrogen and oxygen atoms in total. The average molecular weight is 1830 g/mol. The Morgan fingerprint density at radius 2 is 1.08 bits per heavy atom. The minimum Gasteiger partial charge on any atom is -0.497 e. The second kappa shape index (κ2) is 40.8. The topological polar surface area (TPSA) is 324 Å². The first-order valence-corrected chi connectivity index (χ1v) is 48.3. The summed E-state index contributed by atoms with van der Waals surface area (Å²) in [6, 6.07) is 20.5. The number of likely N-dealkylation sites (tertiary alicyclic amines) is 1. The number of fused-ring (bicyclic) bond motifs is 16. The Labute approximate surface area is 781 Å². The number of nitrogens with zero attached hydrogens (tertiary/aromatic N) is 6. The van der Waals surface area contributed by atoms with Crippen molar-refractivity contribution in [1.29, 1.82) is 0 Å². The van der Waals surface area contributed by atoms with E-state index >= 15 is 0 Å². The van der Waals surface area contributed by atoms with Crippen molar-refractivity contribution in [3.8, 4) is 34.9 Å². The number of carboxylic acid groups (broad SMARTS) is 1. The molecule has 3 amide bonds. The van der Waals surface area contributed by atoms with E-state index in [4.69, 9.17) is 67.1 Å². The summed E-state index contributed by atoms with van der Waals surface area (Å²) in [6.07, 6.45) is 23.6. The lowest BCUT2D eigenvalue weighted by Gasteiger charge is -2.34. The fourth-order valence-electron chi connectivity index (χ4n) is 22.5. The van der Waals surface area contributed by atoms with Gasteiger partial charge in [-0.25, -0.2) is 29.3 Å². The Bertz CT molecular complexity index is 5380. The predicted octanol–water partition coefficient (Wildman–Crippen LogP) is 17.4. The van der Waals surface area contributed by atoms with Crippen LogP contribution in [-0.2, 0) is 73.3 Å². The van der Waals surface area contributed by atoms with E-state index in [0.717, 1.165) is 128 Å². The van der Waals surface area contributed by atoms with Crippen LogP contribution in [0.5, 0.6) is 34.9 Å². The molecule has 9 fully saturated rings. The van der Waals surface area contributed by atoms with Gasteiger partial charge in [0, 0.05) is 70.3 Å². The molecule has 4 bridgehead atoms. The van der Waals surface area contributed by atoms with Crippen LogP contribution in [0.15, 0.2) is 98.1 Å². The van der Waals surface area contributed by atoms with E-state index in [0.29, 0.717) is 99.2 Å². The molecule has 6 saturated carbocycles.